The highest BCUT2D eigenvalue weighted by Crippen LogP contribution is 2.56. The van der Waals surface area contributed by atoms with Gasteiger partial charge in [-0.3, -0.25) is 0 Å². The van der Waals surface area contributed by atoms with Crippen molar-refractivity contribution in [2.45, 2.75) is 16.4 Å². The molecule has 17 heavy (non-hydrogen) atoms. The minimum absolute atomic E-state index is 1.95. The van der Waals surface area contributed by atoms with Gasteiger partial charge >= 0.3 is 16.4 Å². The largest absolute Gasteiger partial charge is 0.428 e. The Kier molecular flexibility index (Phi) is 2.65. The molecule has 1 aliphatic rings. The Balaban J connectivity index is 3.82. The molecule has 0 N–H and O–H groups in total. The molecule has 0 aromatic heterocycles. The lowest BCUT2D eigenvalue weighted by atomic mass is 10.3. The minimum atomic E-state index is -6.67. The number of alkyl halides is 6. The lowest BCUT2D eigenvalue weighted by Gasteiger charge is -2.39. The quantitative estimate of drug-likeness (QED) is 0.461. The highest BCUT2D eigenvalue weighted by atomic mass is 32.3. The third kappa shape index (κ3) is 1.25. The summed E-state index contributed by atoms with van der Waals surface area (Å²) in [6.07, 6.45) is 0. The number of nitrogens with zero attached hydrogens (tertiary/aromatic N) is 1. The normalized spacial score (nSPS) is 33.1. The second kappa shape index (κ2) is 3.09. The fourth-order valence-electron chi connectivity index (χ4n) is 0.849. The van der Waals surface area contributed by atoms with Gasteiger partial charge in [-0.1, -0.05) is 0 Å². The summed E-state index contributed by atoms with van der Waals surface area (Å²) in [5, 5.41) is -12.7. The van der Waals surface area contributed by atoms with Gasteiger partial charge in [-0.05, 0) is 0 Å². The average molecular weight is 303 g/mol. The molecule has 14 heteroatoms. The van der Waals surface area contributed by atoms with Crippen LogP contribution < -0.4 is 0 Å². The molecule has 1 rings (SSSR count). The number of rotatable bonds is 0. The van der Waals surface area contributed by atoms with Crippen molar-refractivity contribution < 1.29 is 43.2 Å². The van der Waals surface area contributed by atoms with E-state index in [4.69, 9.17) is 0 Å². The molecule has 5 nitrogen and oxygen atoms in total. The van der Waals surface area contributed by atoms with E-state index in [1.165, 1.54) is 0 Å². The molecule has 98 valence electrons. The summed E-state index contributed by atoms with van der Waals surface area (Å²) in [6.45, 7) is 0. The van der Waals surface area contributed by atoms with Crippen LogP contribution >= 0.6 is 0 Å². The van der Waals surface area contributed by atoms with Crippen LogP contribution in [-0.4, -0.2) is 44.9 Å². The van der Waals surface area contributed by atoms with Gasteiger partial charge in [0, 0.05) is 0 Å². The Bertz CT molecular complexity index is 506. The van der Waals surface area contributed by atoms with E-state index in [-0.39, 0.29) is 0 Å². The maximum atomic E-state index is 12.6. The minimum Gasteiger partial charge on any atom is -0.206 e. The number of sulfonamides is 2. The zero-order chi connectivity index (χ0) is 14.1. The summed E-state index contributed by atoms with van der Waals surface area (Å²) in [7, 11) is -9.31. The van der Waals surface area contributed by atoms with Crippen LogP contribution in [0.1, 0.15) is 0 Å². The summed E-state index contributed by atoms with van der Waals surface area (Å²) in [5.41, 5.74) is 0. The summed E-state index contributed by atoms with van der Waals surface area (Å²) in [6, 6.07) is 0. The molecule has 0 spiro atoms. The third-order valence-corrected chi connectivity index (χ3v) is 5.79. The molecule has 0 aromatic carbocycles. The van der Waals surface area contributed by atoms with E-state index in [9.17, 15) is 43.2 Å². The van der Waals surface area contributed by atoms with Gasteiger partial charge < -0.3 is 0 Å². The Morgan fingerprint density at radius 2 is 1.00 bits per heavy atom. The molecule has 1 aliphatic heterocycles. The molecule has 0 amide bonds. The Labute approximate surface area is 91.9 Å². The molecule has 0 unspecified atom stereocenters. The fourth-order valence-corrected chi connectivity index (χ4v) is 3.86. The predicted octanol–water partition coefficient (Wildman–Crippen LogP) is -0.134. The van der Waals surface area contributed by atoms with Crippen molar-refractivity contribution in [3.63, 3.8) is 0 Å². The van der Waals surface area contributed by atoms with Gasteiger partial charge in [-0.25, -0.2) is 16.8 Å². The Morgan fingerprint density at radius 3 is 1.24 bits per heavy atom. The van der Waals surface area contributed by atoms with Crippen molar-refractivity contribution in [3.05, 3.63) is 0 Å². The highest BCUT2D eigenvalue weighted by molar-refractivity contribution is 8.07. The standard InChI is InChI=1S/C3BF6NO4S2/c4-11-16(12,13)2(7,8)1(5,6)3(9,10)17(11,14)15. The second-order valence-corrected chi connectivity index (χ2v) is 6.79. The van der Waals surface area contributed by atoms with E-state index in [2.05, 4.69) is 7.98 Å². The monoisotopic (exact) mass is 303 g/mol. The van der Waals surface area contributed by atoms with E-state index < -0.39 is 40.1 Å². The SMILES string of the molecule is [B]N1S(=O)(=O)C(F)(F)C(F)(F)C(F)(F)S1(=O)=O. The number of hydrogen-bond acceptors (Lipinski definition) is 4. The first-order valence-corrected chi connectivity index (χ1v) is 6.21. The first-order valence-electron chi connectivity index (χ1n) is 3.33. The summed E-state index contributed by atoms with van der Waals surface area (Å²) >= 11 is 0. The van der Waals surface area contributed by atoms with Crippen LogP contribution in [0.5, 0.6) is 0 Å². The van der Waals surface area contributed by atoms with E-state index in [0.717, 1.165) is 0 Å². The van der Waals surface area contributed by atoms with Crippen LogP contribution in [0.3, 0.4) is 0 Å². The van der Waals surface area contributed by atoms with Gasteiger partial charge in [0.25, 0.3) is 20.0 Å². The lowest BCUT2D eigenvalue weighted by molar-refractivity contribution is -0.248. The summed E-state index contributed by atoms with van der Waals surface area (Å²) in [4.78, 5) is 0. The van der Waals surface area contributed by atoms with Crippen molar-refractivity contribution in [2.24, 2.45) is 0 Å². The van der Waals surface area contributed by atoms with Crippen molar-refractivity contribution in [1.29, 1.82) is 0 Å². The Morgan fingerprint density at radius 1 is 0.765 bits per heavy atom. The van der Waals surface area contributed by atoms with Crippen molar-refractivity contribution in [2.75, 3.05) is 0 Å². The first-order chi connectivity index (χ1) is 7.15. The van der Waals surface area contributed by atoms with Crippen LogP contribution in [0, 0.1) is 0 Å². The van der Waals surface area contributed by atoms with E-state index in [0.29, 0.717) is 0 Å². The van der Waals surface area contributed by atoms with Gasteiger partial charge in [0.15, 0.2) is 0 Å². The zero-order valence-corrected chi connectivity index (χ0v) is 8.87. The van der Waals surface area contributed by atoms with E-state index >= 15 is 0 Å². The molecule has 1 heterocycles. The van der Waals surface area contributed by atoms with Crippen LogP contribution in [-0.2, 0) is 20.0 Å². The van der Waals surface area contributed by atoms with E-state index in [1.807, 2.05) is 0 Å². The topological polar surface area (TPSA) is 71.5 Å². The Hall–Kier alpha value is -0.495. The van der Waals surface area contributed by atoms with Crippen molar-refractivity contribution >= 4 is 28.0 Å². The third-order valence-electron chi connectivity index (χ3n) is 1.85. The molecular formula is C3BF6NO4S2. The predicted molar refractivity (Wildman–Crippen MR) is 40.3 cm³/mol. The summed E-state index contributed by atoms with van der Waals surface area (Å²) < 4.78 is 116. The molecular weight excluding hydrogens is 303 g/mol. The second-order valence-electron chi connectivity index (χ2n) is 2.84. The van der Waals surface area contributed by atoms with Gasteiger partial charge in [-0.2, -0.15) is 26.3 Å². The molecule has 0 saturated carbocycles. The lowest BCUT2D eigenvalue weighted by Crippen LogP contribution is -2.71. The van der Waals surface area contributed by atoms with Gasteiger partial charge in [0.2, 0.25) is 7.98 Å². The van der Waals surface area contributed by atoms with Crippen LogP contribution in [0.2, 0.25) is 0 Å². The molecule has 0 atom stereocenters. The van der Waals surface area contributed by atoms with Gasteiger partial charge in [0.1, 0.15) is 0 Å². The van der Waals surface area contributed by atoms with Crippen molar-refractivity contribution in [1.82, 2.24) is 3.62 Å². The number of hydrogen-bond donors (Lipinski definition) is 0. The smallest absolute Gasteiger partial charge is 0.206 e. The maximum absolute atomic E-state index is 12.6. The molecule has 2 radical (unpaired) electrons. The average Bonchev–Trinajstić information content (AvgIpc) is 2.13. The molecule has 1 saturated heterocycles. The number of halogens is 6. The van der Waals surface area contributed by atoms with Crippen molar-refractivity contribution in [3.8, 4) is 0 Å². The first kappa shape index (κ1) is 14.6. The molecule has 0 aromatic rings. The van der Waals surface area contributed by atoms with Crippen LogP contribution in [0.25, 0.3) is 0 Å². The van der Waals surface area contributed by atoms with Crippen LogP contribution in [0.4, 0.5) is 26.3 Å². The van der Waals surface area contributed by atoms with Crippen LogP contribution in [0.15, 0.2) is 0 Å². The summed E-state index contributed by atoms with van der Waals surface area (Å²) in [5.74, 6) is -6.65. The highest BCUT2D eigenvalue weighted by Gasteiger charge is 2.87. The molecule has 0 bridgehead atoms. The molecule has 1 fully saturated rings. The van der Waals surface area contributed by atoms with E-state index in [1.54, 1.807) is 0 Å². The maximum Gasteiger partial charge on any atom is 0.428 e. The molecule has 0 aliphatic carbocycles. The zero-order valence-electron chi connectivity index (χ0n) is 7.24. The van der Waals surface area contributed by atoms with Gasteiger partial charge in [-0.15, -0.1) is 3.62 Å². The van der Waals surface area contributed by atoms with Gasteiger partial charge in [0.05, 0.1) is 0 Å². The fraction of sp³-hybridized carbons (Fsp3) is 1.00.